The zero-order valence-corrected chi connectivity index (χ0v) is 15.7. The molecule has 1 atom stereocenters. The van der Waals surface area contributed by atoms with Gasteiger partial charge in [-0.15, -0.1) is 0 Å². The largest absolute Gasteiger partial charge is 0.361 e. The molecule has 0 spiro atoms. The number of H-pyrrole nitrogens is 2. The maximum Gasteiger partial charge on any atom is 0.239 e. The van der Waals surface area contributed by atoms with Crippen LogP contribution in [0.25, 0.3) is 10.9 Å². The number of hydrogen-bond donors (Lipinski definition) is 3. The quantitative estimate of drug-likeness (QED) is 0.649. The lowest BCUT2D eigenvalue weighted by Gasteiger charge is -2.33. The monoisotopic (exact) mass is 365 g/mol. The number of aromatic nitrogens is 3. The van der Waals surface area contributed by atoms with Gasteiger partial charge < -0.3 is 15.6 Å². The molecular formula is C21H27N5O. The number of para-hydroxylation sites is 1. The van der Waals surface area contributed by atoms with E-state index in [1.54, 1.807) is 0 Å². The van der Waals surface area contributed by atoms with E-state index in [4.69, 9.17) is 5.73 Å². The Balaban J connectivity index is 1.37. The first-order chi connectivity index (χ1) is 13.2. The molecule has 4 N–H and O–H groups in total. The number of nitrogens with one attached hydrogen (secondary N) is 2. The number of benzene rings is 1. The highest BCUT2D eigenvalue weighted by Crippen LogP contribution is 2.29. The molecule has 1 fully saturated rings. The summed E-state index contributed by atoms with van der Waals surface area (Å²) in [6.45, 7) is 3.66. The Kier molecular flexibility index (Phi) is 4.99. The molecule has 0 bridgehead atoms. The van der Waals surface area contributed by atoms with E-state index in [1.165, 1.54) is 11.3 Å². The van der Waals surface area contributed by atoms with E-state index in [0.717, 1.165) is 48.8 Å². The van der Waals surface area contributed by atoms with Gasteiger partial charge in [-0.1, -0.05) is 25.1 Å². The minimum atomic E-state index is -0.501. The normalized spacial score (nSPS) is 16.7. The summed E-state index contributed by atoms with van der Waals surface area (Å²) in [7, 11) is 0. The highest BCUT2D eigenvalue weighted by atomic mass is 16.2. The van der Waals surface area contributed by atoms with Crippen LogP contribution in [-0.4, -0.2) is 45.1 Å². The molecule has 1 aromatic carbocycles. The number of carbonyl (C=O) groups is 1. The lowest BCUT2D eigenvalue weighted by Crippen LogP contribution is -2.47. The molecule has 0 saturated carbocycles. The minimum absolute atomic E-state index is 0.0547. The minimum Gasteiger partial charge on any atom is -0.361 e. The van der Waals surface area contributed by atoms with Gasteiger partial charge in [-0.25, -0.2) is 0 Å². The van der Waals surface area contributed by atoms with Gasteiger partial charge in [0, 0.05) is 41.8 Å². The smallest absolute Gasteiger partial charge is 0.239 e. The molecule has 3 aromatic rings. The summed E-state index contributed by atoms with van der Waals surface area (Å²) >= 11 is 0. The summed E-state index contributed by atoms with van der Waals surface area (Å²) in [6, 6.07) is 7.62. The second-order valence-electron chi connectivity index (χ2n) is 7.43. The number of carbonyl (C=O) groups excluding carboxylic acids is 1. The summed E-state index contributed by atoms with van der Waals surface area (Å²) < 4.78 is 0. The van der Waals surface area contributed by atoms with Crippen LogP contribution in [0.3, 0.4) is 0 Å². The number of likely N-dealkylation sites (tertiary alicyclic amines) is 1. The average molecular weight is 365 g/mol. The van der Waals surface area contributed by atoms with E-state index in [9.17, 15) is 4.79 Å². The van der Waals surface area contributed by atoms with Gasteiger partial charge in [-0.2, -0.15) is 5.10 Å². The van der Waals surface area contributed by atoms with Crippen LogP contribution >= 0.6 is 0 Å². The molecular weight excluding hydrogens is 338 g/mol. The second kappa shape index (κ2) is 7.56. The molecule has 27 heavy (non-hydrogen) atoms. The molecule has 4 rings (SSSR count). The van der Waals surface area contributed by atoms with Gasteiger partial charge >= 0.3 is 0 Å². The average Bonchev–Trinajstić information content (AvgIpc) is 3.35. The fourth-order valence-corrected chi connectivity index (χ4v) is 4.20. The maximum absolute atomic E-state index is 12.8. The van der Waals surface area contributed by atoms with Crippen molar-refractivity contribution in [3.63, 3.8) is 0 Å². The molecule has 1 amide bonds. The summed E-state index contributed by atoms with van der Waals surface area (Å²) in [5.41, 5.74) is 11.0. The van der Waals surface area contributed by atoms with Crippen LogP contribution < -0.4 is 5.73 Å². The standard InChI is InChI=1S/C21H27N5O/c1-2-14-13-24-25-20(14)15-7-9-26(10-8-15)21(27)18(22)11-16-12-23-19-6-4-3-5-17(16)19/h3-6,12-13,15,18,23H,2,7-11,22H2,1H3,(H,24,25)/t18-/m0/s1. The molecule has 3 heterocycles. The number of amides is 1. The van der Waals surface area contributed by atoms with Crippen LogP contribution in [0.2, 0.25) is 0 Å². The first-order valence-electron chi connectivity index (χ1n) is 9.79. The van der Waals surface area contributed by atoms with Crippen molar-refractivity contribution in [2.45, 2.75) is 44.6 Å². The maximum atomic E-state index is 12.8. The highest BCUT2D eigenvalue weighted by Gasteiger charge is 2.28. The Morgan fingerprint density at radius 3 is 2.85 bits per heavy atom. The van der Waals surface area contributed by atoms with Crippen molar-refractivity contribution in [1.29, 1.82) is 0 Å². The van der Waals surface area contributed by atoms with Crippen LogP contribution in [0, 0.1) is 0 Å². The van der Waals surface area contributed by atoms with Crippen molar-refractivity contribution in [2.75, 3.05) is 13.1 Å². The SMILES string of the molecule is CCc1cn[nH]c1C1CCN(C(=O)[C@@H](N)Cc2c[nH]c3ccccc23)CC1. The molecule has 1 saturated heterocycles. The number of aryl methyl sites for hydroxylation is 1. The van der Waals surface area contributed by atoms with E-state index in [-0.39, 0.29) is 5.91 Å². The Morgan fingerprint density at radius 1 is 1.30 bits per heavy atom. The Hall–Kier alpha value is -2.60. The molecule has 0 unspecified atom stereocenters. The molecule has 2 aromatic heterocycles. The van der Waals surface area contributed by atoms with Gasteiger partial charge in [0.05, 0.1) is 12.2 Å². The van der Waals surface area contributed by atoms with Crippen molar-refractivity contribution in [3.05, 3.63) is 53.5 Å². The van der Waals surface area contributed by atoms with Gasteiger partial charge in [0.1, 0.15) is 0 Å². The summed E-state index contributed by atoms with van der Waals surface area (Å²) in [4.78, 5) is 18.0. The number of hydrogen-bond acceptors (Lipinski definition) is 3. The van der Waals surface area contributed by atoms with E-state index in [2.05, 4.69) is 28.2 Å². The Labute approximate surface area is 159 Å². The summed E-state index contributed by atoms with van der Waals surface area (Å²) in [5.74, 6) is 0.510. The Bertz CT molecular complexity index is 919. The van der Waals surface area contributed by atoms with Crippen molar-refractivity contribution in [2.24, 2.45) is 5.73 Å². The lowest BCUT2D eigenvalue weighted by atomic mass is 9.90. The summed E-state index contributed by atoms with van der Waals surface area (Å²) in [6.07, 6.45) is 7.35. The van der Waals surface area contributed by atoms with Gasteiger partial charge in [0.15, 0.2) is 0 Å². The molecule has 0 aliphatic carbocycles. The van der Waals surface area contributed by atoms with E-state index >= 15 is 0 Å². The first-order valence-corrected chi connectivity index (χ1v) is 9.79. The number of fused-ring (bicyclic) bond motifs is 1. The summed E-state index contributed by atoms with van der Waals surface area (Å²) in [5, 5.41) is 8.49. The number of piperidine rings is 1. The third-order valence-electron chi connectivity index (χ3n) is 5.78. The molecule has 0 radical (unpaired) electrons. The molecule has 142 valence electrons. The van der Waals surface area contributed by atoms with Crippen molar-refractivity contribution >= 4 is 16.8 Å². The number of nitrogens with two attached hydrogens (primary N) is 1. The predicted octanol–water partition coefficient (Wildman–Crippen LogP) is 2.73. The molecule has 1 aliphatic heterocycles. The van der Waals surface area contributed by atoms with Crippen LogP contribution in [0.1, 0.15) is 42.5 Å². The van der Waals surface area contributed by atoms with Crippen molar-refractivity contribution in [3.8, 4) is 0 Å². The second-order valence-corrected chi connectivity index (χ2v) is 7.43. The zero-order chi connectivity index (χ0) is 18.8. The number of nitrogens with zero attached hydrogens (tertiary/aromatic N) is 2. The fourth-order valence-electron chi connectivity index (χ4n) is 4.20. The van der Waals surface area contributed by atoms with E-state index in [1.807, 2.05) is 35.5 Å². The molecule has 6 nitrogen and oxygen atoms in total. The van der Waals surface area contributed by atoms with Crippen LogP contribution in [0.15, 0.2) is 36.7 Å². The molecule has 6 heteroatoms. The fraction of sp³-hybridized carbons (Fsp3) is 0.429. The lowest BCUT2D eigenvalue weighted by molar-refractivity contribution is -0.133. The van der Waals surface area contributed by atoms with Crippen LogP contribution in [-0.2, 0) is 17.6 Å². The highest BCUT2D eigenvalue weighted by molar-refractivity contribution is 5.86. The van der Waals surface area contributed by atoms with E-state index < -0.39 is 6.04 Å². The Morgan fingerprint density at radius 2 is 2.07 bits per heavy atom. The van der Waals surface area contributed by atoms with Gasteiger partial charge in [0.2, 0.25) is 5.91 Å². The van der Waals surface area contributed by atoms with Gasteiger partial charge in [-0.3, -0.25) is 9.89 Å². The van der Waals surface area contributed by atoms with Crippen LogP contribution in [0.4, 0.5) is 0 Å². The third kappa shape index (κ3) is 3.49. The van der Waals surface area contributed by atoms with Crippen LogP contribution in [0.5, 0.6) is 0 Å². The third-order valence-corrected chi connectivity index (χ3v) is 5.78. The zero-order valence-electron chi connectivity index (χ0n) is 15.7. The number of rotatable bonds is 5. The van der Waals surface area contributed by atoms with E-state index in [0.29, 0.717) is 12.3 Å². The molecule has 1 aliphatic rings. The number of aromatic amines is 2. The van der Waals surface area contributed by atoms with Crippen molar-refractivity contribution < 1.29 is 4.79 Å². The first kappa shape index (κ1) is 17.8. The predicted molar refractivity (Wildman–Crippen MR) is 106 cm³/mol. The van der Waals surface area contributed by atoms with Gasteiger partial charge in [0.25, 0.3) is 0 Å². The van der Waals surface area contributed by atoms with Crippen molar-refractivity contribution in [1.82, 2.24) is 20.1 Å². The topological polar surface area (TPSA) is 90.8 Å². The van der Waals surface area contributed by atoms with Gasteiger partial charge in [-0.05, 0) is 42.9 Å².